The van der Waals surface area contributed by atoms with Crippen molar-refractivity contribution in [3.63, 3.8) is 0 Å². The second kappa shape index (κ2) is 10.1. The highest BCUT2D eigenvalue weighted by atomic mass is 16.5. The first-order valence-electron chi connectivity index (χ1n) is 11.7. The van der Waals surface area contributed by atoms with Crippen molar-refractivity contribution in [2.45, 2.75) is 63.5 Å². The van der Waals surface area contributed by atoms with Crippen LogP contribution in [0.2, 0.25) is 0 Å². The Morgan fingerprint density at radius 3 is 2.24 bits per heavy atom. The average Bonchev–Trinajstić information content (AvgIpc) is 2.80. The number of carbonyl (C=O) groups excluding carboxylic acids is 1. The molecule has 0 atom stereocenters. The highest BCUT2D eigenvalue weighted by Gasteiger charge is 2.38. The van der Waals surface area contributed by atoms with Gasteiger partial charge in [-0.15, -0.1) is 0 Å². The van der Waals surface area contributed by atoms with Gasteiger partial charge in [0.15, 0.2) is 0 Å². The Balaban J connectivity index is 1.33. The first kappa shape index (κ1) is 20.8. The molecule has 29 heavy (non-hydrogen) atoms. The van der Waals surface area contributed by atoms with E-state index in [1.807, 2.05) is 12.1 Å². The summed E-state index contributed by atoms with van der Waals surface area (Å²) in [5.74, 6) is 0.0627. The number of benzene rings is 1. The fraction of sp³-hybridized carbons (Fsp3) is 0.708. The molecule has 3 fully saturated rings. The van der Waals surface area contributed by atoms with Gasteiger partial charge in [0.2, 0.25) is 0 Å². The molecule has 0 radical (unpaired) electrons. The quantitative estimate of drug-likeness (QED) is 0.796. The largest absolute Gasteiger partial charge is 0.379 e. The normalized spacial score (nSPS) is 23.6. The van der Waals surface area contributed by atoms with Crippen molar-refractivity contribution in [3.8, 4) is 0 Å². The van der Waals surface area contributed by atoms with E-state index in [0.717, 1.165) is 45.0 Å². The highest BCUT2D eigenvalue weighted by molar-refractivity contribution is 5.94. The molecule has 0 spiro atoms. The lowest BCUT2D eigenvalue weighted by Crippen LogP contribution is -2.59. The van der Waals surface area contributed by atoms with Crippen LogP contribution in [0.15, 0.2) is 24.3 Å². The highest BCUT2D eigenvalue weighted by Crippen LogP contribution is 2.34. The molecule has 2 heterocycles. The molecule has 1 aromatic rings. The fourth-order valence-corrected chi connectivity index (χ4v) is 5.34. The molecule has 1 amide bonds. The number of amides is 1. The van der Waals surface area contributed by atoms with Gasteiger partial charge in [0.1, 0.15) is 0 Å². The van der Waals surface area contributed by atoms with Crippen molar-refractivity contribution in [2.75, 3.05) is 45.9 Å². The maximum absolute atomic E-state index is 12.8. The predicted molar refractivity (Wildman–Crippen MR) is 116 cm³/mol. The van der Waals surface area contributed by atoms with Crippen LogP contribution >= 0.6 is 0 Å². The van der Waals surface area contributed by atoms with Gasteiger partial charge in [-0.3, -0.25) is 14.6 Å². The summed E-state index contributed by atoms with van der Waals surface area (Å²) in [6.45, 7) is 7.76. The zero-order chi connectivity index (χ0) is 19.9. The number of likely N-dealkylation sites (tertiary alicyclic amines) is 1. The molecule has 3 aliphatic rings. The van der Waals surface area contributed by atoms with Gasteiger partial charge in [-0.05, 0) is 56.5 Å². The zero-order valence-corrected chi connectivity index (χ0v) is 17.8. The molecule has 1 aliphatic carbocycles. The Labute approximate surface area is 175 Å². The van der Waals surface area contributed by atoms with E-state index in [-0.39, 0.29) is 11.4 Å². The molecule has 5 heteroatoms. The minimum atomic E-state index is 0.0627. The van der Waals surface area contributed by atoms with Crippen LogP contribution < -0.4 is 5.32 Å². The Hall–Kier alpha value is -1.43. The van der Waals surface area contributed by atoms with E-state index in [1.165, 1.54) is 70.0 Å². The average molecular weight is 400 g/mol. The number of hydrogen-bond acceptors (Lipinski definition) is 4. The van der Waals surface area contributed by atoms with Gasteiger partial charge in [-0.2, -0.15) is 0 Å². The first-order valence-corrected chi connectivity index (χ1v) is 11.7. The van der Waals surface area contributed by atoms with Crippen molar-refractivity contribution in [3.05, 3.63) is 35.4 Å². The minimum absolute atomic E-state index is 0.0627. The molecule has 4 rings (SSSR count). The van der Waals surface area contributed by atoms with Crippen LogP contribution in [0.5, 0.6) is 0 Å². The lowest BCUT2D eigenvalue weighted by Gasteiger charge is -2.48. The number of rotatable bonds is 6. The van der Waals surface area contributed by atoms with E-state index in [2.05, 4.69) is 27.2 Å². The van der Waals surface area contributed by atoms with Crippen molar-refractivity contribution >= 4 is 5.91 Å². The molecule has 2 aliphatic heterocycles. The van der Waals surface area contributed by atoms with Gasteiger partial charge < -0.3 is 10.1 Å². The maximum atomic E-state index is 12.8. The second-order valence-corrected chi connectivity index (χ2v) is 9.10. The van der Waals surface area contributed by atoms with Gasteiger partial charge in [-0.1, -0.05) is 37.8 Å². The zero-order valence-electron chi connectivity index (χ0n) is 17.8. The van der Waals surface area contributed by atoms with Crippen molar-refractivity contribution in [1.29, 1.82) is 0 Å². The lowest BCUT2D eigenvalue weighted by atomic mass is 9.79. The molecule has 1 saturated carbocycles. The van der Waals surface area contributed by atoms with Crippen molar-refractivity contribution in [2.24, 2.45) is 0 Å². The van der Waals surface area contributed by atoms with E-state index in [1.54, 1.807) is 0 Å². The van der Waals surface area contributed by atoms with Crippen molar-refractivity contribution < 1.29 is 9.53 Å². The van der Waals surface area contributed by atoms with Crippen LogP contribution in [0.3, 0.4) is 0 Å². The Bertz CT molecular complexity index is 643. The molecule has 160 valence electrons. The smallest absolute Gasteiger partial charge is 0.251 e. The van der Waals surface area contributed by atoms with E-state index in [0.29, 0.717) is 0 Å². The van der Waals surface area contributed by atoms with E-state index in [9.17, 15) is 4.79 Å². The number of nitrogens with one attached hydrogen (secondary N) is 1. The molecule has 0 aromatic heterocycles. The monoisotopic (exact) mass is 399 g/mol. The summed E-state index contributed by atoms with van der Waals surface area (Å²) >= 11 is 0. The molecule has 0 unspecified atom stereocenters. The standard InChI is InChI=1S/C24H37N3O2/c28-23(22-9-7-21(8-10-22)19-26-13-5-2-6-14-26)25-20-24(11-3-1-4-12-24)27-15-17-29-18-16-27/h7-10H,1-6,11-20H2,(H,25,28). The molecule has 1 aromatic carbocycles. The van der Waals surface area contributed by atoms with Crippen LogP contribution in [0.1, 0.15) is 67.3 Å². The Kier molecular flexibility index (Phi) is 7.22. The summed E-state index contributed by atoms with van der Waals surface area (Å²) in [7, 11) is 0. The summed E-state index contributed by atoms with van der Waals surface area (Å²) in [4.78, 5) is 18.0. The van der Waals surface area contributed by atoms with E-state index in [4.69, 9.17) is 4.74 Å². The Morgan fingerprint density at radius 1 is 0.897 bits per heavy atom. The van der Waals surface area contributed by atoms with Gasteiger partial charge in [0.25, 0.3) is 5.91 Å². The van der Waals surface area contributed by atoms with Crippen LogP contribution in [0.25, 0.3) is 0 Å². The molecular formula is C24H37N3O2. The third-order valence-electron chi connectivity index (χ3n) is 7.12. The summed E-state index contributed by atoms with van der Waals surface area (Å²) in [5.41, 5.74) is 2.20. The molecule has 2 saturated heterocycles. The topological polar surface area (TPSA) is 44.8 Å². The maximum Gasteiger partial charge on any atom is 0.251 e. The van der Waals surface area contributed by atoms with Gasteiger partial charge in [0, 0.05) is 37.3 Å². The minimum Gasteiger partial charge on any atom is -0.379 e. The second-order valence-electron chi connectivity index (χ2n) is 9.10. The van der Waals surface area contributed by atoms with E-state index < -0.39 is 0 Å². The molecular weight excluding hydrogens is 362 g/mol. The first-order chi connectivity index (χ1) is 14.3. The predicted octanol–water partition coefficient (Wildman–Crippen LogP) is 3.44. The number of hydrogen-bond donors (Lipinski definition) is 1. The molecule has 5 nitrogen and oxygen atoms in total. The number of piperidine rings is 1. The summed E-state index contributed by atoms with van der Waals surface area (Å²) in [6.07, 6.45) is 10.2. The third-order valence-corrected chi connectivity index (χ3v) is 7.12. The molecule has 1 N–H and O–H groups in total. The van der Waals surface area contributed by atoms with Crippen LogP contribution in [-0.4, -0.2) is 67.2 Å². The lowest BCUT2D eigenvalue weighted by molar-refractivity contribution is -0.0361. The number of morpholine rings is 1. The van der Waals surface area contributed by atoms with Gasteiger partial charge in [0.05, 0.1) is 13.2 Å². The number of carbonyl (C=O) groups is 1. The summed E-state index contributed by atoms with van der Waals surface area (Å²) in [5, 5.41) is 3.28. The summed E-state index contributed by atoms with van der Waals surface area (Å²) < 4.78 is 5.56. The van der Waals surface area contributed by atoms with E-state index >= 15 is 0 Å². The third kappa shape index (κ3) is 5.39. The van der Waals surface area contributed by atoms with Crippen LogP contribution in [0, 0.1) is 0 Å². The fourth-order valence-electron chi connectivity index (χ4n) is 5.34. The van der Waals surface area contributed by atoms with Crippen LogP contribution in [0.4, 0.5) is 0 Å². The van der Waals surface area contributed by atoms with Gasteiger partial charge in [-0.25, -0.2) is 0 Å². The van der Waals surface area contributed by atoms with Crippen LogP contribution in [-0.2, 0) is 11.3 Å². The number of nitrogens with zero attached hydrogens (tertiary/aromatic N) is 2. The SMILES string of the molecule is O=C(NCC1(N2CCOCC2)CCCCC1)c1ccc(CN2CCCCC2)cc1. The number of ether oxygens (including phenoxy) is 1. The van der Waals surface area contributed by atoms with Crippen molar-refractivity contribution in [1.82, 2.24) is 15.1 Å². The summed E-state index contributed by atoms with van der Waals surface area (Å²) in [6, 6.07) is 8.25. The van der Waals surface area contributed by atoms with Gasteiger partial charge >= 0.3 is 0 Å². The Morgan fingerprint density at radius 2 is 1.55 bits per heavy atom. The molecule has 0 bridgehead atoms.